The molecule has 118 valence electrons. The molecule has 0 aromatic carbocycles. The molecule has 2 atom stereocenters. The molecule has 0 saturated carbocycles. The molecule has 0 radical (unpaired) electrons. The Morgan fingerprint density at radius 1 is 1.52 bits per heavy atom. The second-order valence-electron chi connectivity index (χ2n) is 6.55. The van der Waals surface area contributed by atoms with Gasteiger partial charge in [-0.15, -0.1) is 0 Å². The lowest BCUT2D eigenvalue weighted by Crippen LogP contribution is -2.47. The minimum Gasteiger partial charge on any atom is -0.335 e. The fraction of sp³-hybridized carbons (Fsp3) is 0.750. The predicted molar refractivity (Wildman–Crippen MR) is 82.1 cm³/mol. The normalized spacial score (nSPS) is 23.3. The monoisotopic (exact) mass is 293 g/mol. The largest absolute Gasteiger partial charge is 0.335 e. The van der Waals surface area contributed by atoms with E-state index in [2.05, 4.69) is 32.3 Å². The first kappa shape index (κ1) is 17.7. The molecule has 1 rings (SSSR count). The van der Waals surface area contributed by atoms with Crippen LogP contribution < -0.4 is 5.48 Å². The first-order valence-corrected chi connectivity index (χ1v) is 7.52. The van der Waals surface area contributed by atoms with Gasteiger partial charge in [0.15, 0.2) is 0 Å². The average molecular weight is 293 g/mol. The summed E-state index contributed by atoms with van der Waals surface area (Å²) in [5.74, 6) is 0.527. The quantitative estimate of drug-likeness (QED) is 0.480. The minimum absolute atomic E-state index is 0.0235. The van der Waals surface area contributed by atoms with Gasteiger partial charge in [0.1, 0.15) is 0 Å². The number of hydrogen-bond acceptors (Lipinski definition) is 4. The number of nitriles is 1. The summed E-state index contributed by atoms with van der Waals surface area (Å²) < 4.78 is 0. The Kier molecular flexibility index (Phi) is 6.86. The molecule has 0 aromatic rings. The number of nitrogens with zero attached hydrogens (tertiary/aromatic N) is 2. The van der Waals surface area contributed by atoms with Gasteiger partial charge >= 0.3 is 0 Å². The lowest BCUT2D eigenvalue weighted by molar-refractivity contribution is -0.131. The number of hydroxylamine groups is 1. The van der Waals surface area contributed by atoms with Crippen LogP contribution >= 0.6 is 0 Å². The summed E-state index contributed by atoms with van der Waals surface area (Å²) in [4.78, 5) is 19.0. The van der Waals surface area contributed by atoms with Gasteiger partial charge in [0.2, 0.25) is 5.91 Å². The van der Waals surface area contributed by atoms with Crippen LogP contribution in [0.3, 0.4) is 0 Å². The van der Waals surface area contributed by atoms with Gasteiger partial charge in [-0.2, -0.15) is 5.26 Å². The van der Waals surface area contributed by atoms with E-state index in [4.69, 9.17) is 10.1 Å². The number of hydrogen-bond donors (Lipinski definition) is 1. The molecule has 0 spiro atoms. The molecule has 1 fully saturated rings. The minimum atomic E-state index is -0.0256. The maximum Gasteiger partial charge on any atom is 0.246 e. The van der Waals surface area contributed by atoms with Crippen molar-refractivity contribution >= 4 is 5.91 Å². The number of rotatable bonds is 5. The zero-order chi connectivity index (χ0) is 15.9. The van der Waals surface area contributed by atoms with Crippen LogP contribution in [0.4, 0.5) is 0 Å². The van der Waals surface area contributed by atoms with Crippen molar-refractivity contribution in [2.45, 2.75) is 46.1 Å². The SMILES string of the molecule is CNOC/C=C/C(=O)N1CCC(C(C)(C)C)C[C@H]1CC#N. The smallest absolute Gasteiger partial charge is 0.246 e. The maximum atomic E-state index is 12.3. The van der Waals surface area contributed by atoms with Crippen LogP contribution in [0.15, 0.2) is 12.2 Å². The van der Waals surface area contributed by atoms with Crippen molar-refractivity contribution in [3.8, 4) is 6.07 Å². The summed E-state index contributed by atoms with van der Waals surface area (Å²) in [6, 6.07) is 2.24. The van der Waals surface area contributed by atoms with E-state index in [-0.39, 0.29) is 17.4 Å². The molecule has 1 aliphatic heterocycles. The summed E-state index contributed by atoms with van der Waals surface area (Å²) in [6.45, 7) is 7.77. The predicted octanol–water partition coefficient (Wildman–Crippen LogP) is 2.26. The Labute approximate surface area is 127 Å². The van der Waals surface area contributed by atoms with Gasteiger partial charge in [-0.1, -0.05) is 26.8 Å². The van der Waals surface area contributed by atoms with Gasteiger partial charge < -0.3 is 4.90 Å². The van der Waals surface area contributed by atoms with Crippen LogP contribution in [-0.2, 0) is 9.63 Å². The molecule has 21 heavy (non-hydrogen) atoms. The van der Waals surface area contributed by atoms with Crippen LogP contribution in [-0.4, -0.2) is 37.0 Å². The summed E-state index contributed by atoms with van der Waals surface area (Å²) in [6.07, 6.45) is 5.54. The van der Waals surface area contributed by atoms with E-state index in [1.165, 1.54) is 0 Å². The van der Waals surface area contributed by atoms with Crippen molar-refractivity contribution in [1.29, 1.82) is 5.26 Å². The molecule has 1 aliphatic rings. The van der Waals surface area contributed by atoms with Gasteiger partial charge in [-0.25, -0.2) is 5.48 Å². The number of carbonyl (C=O) groups is 1. The molecular formula is C16H27N3O2. The molecule has 1 N–H and O–H groups in total. The van der Waals surface area contributed by atoms with Crippen LogP contribution in [0.25, 0.3) is 0 Å². The van der Waals surface area contributed by atoms with E-state index < -0.39 is 0 Å². The average Bonchev–Trinajstić information content (AvgIpc) is 2.42. The van der Waals surface area contributed by atoms with E-state index >= 15 is 0 Å². The Morgan fingerprint density at radius 2 is 2.24 bits per heavy atom. The topological polar surface area (TPSA) is 65.4 Å². The summed E-state index contributed by atoms with van der Waals surface area (Å²) in [5.41, 5.74) is 2.77. The Hall–Kier alpha value is -1.38. The molecule has 0 bridgehead atoms. The van der Waals surface area contributed by atoms with Crippen molar-refractivity contribution < 1.29 is 9.63 Å². The zero-order valence-electron chi connectivity index (χ0n) is 13.6. The second-order valence-corrected chi connectivity index (χ2v) is 6.55. The number of carbonyl (C=O) groups excluding carboxylic acids is 1. The first-order valence-electron chi connectivity index (χ1n) is 7.52. The summed E-state index contributed by atoms with van der Waals surface area (Å²) >= 11 is 0. The van der Waals surface area contributed by atoms with Crippen molar-refractivity contribution in [3.63, 3.8) is 0 Å². The summed E-state index contributed by atoms with van der Waals surface area (Å²) in [7, 11) is 1.68. The van der Waals surface area contributed by atoms with Gasteiger partial charge in [-0.05, 0) is 24.2 Å². The van der Waals surface area contributed by atoms with Crippen molar-refractivity contribution in [2.75, 3.05) is 20.2 Å². The molecule has 5 heteroatoms. The number of nitrogens with one attached hydrogen (secondary N) is 1. The van der Waals surface area contributed by atoms with Gasteiger partial charge in [-0.3, -0.25) is 9.63 Å². The van der Waals surface area contributed by atoms with Gasteiger partial charge in [0.25, 0.3) is 0 Å². The van der Waals surface area contributed by atoms with Crippen molar-refractivity contribution in [2.24, 2.45) is 11.3 Å². The second kappa shape index (κ2) is 8.16. The van der Waals surface area contributed by atoms with Crippen LogP contribution in [0.2, 0.25) is 0 Å². The third kappa shape index (κ3) is 5.49. The van der Waals surface area contributed by atoms with E-state index in [9.17, 15) is 4.79 Å². The Morgan fingerprint density at radius 3 is 2.81 bits per heavy atom. The highest BCUT2D eigenvalue weighted by Gasteiger charge is 2.35. The van der Waals surface area contributed by atoms with Crippen molar-refractivity contribution in [1.82, 2.24) is 10.4 Å². The highest BCUT2D eigenvalue weighted by molar-refractivity contribution is 5.88. The molecule has 1 saturated heterocycles. The third-order valence-electron chi connectivity index (χ3n) is 4.13. The van der Waals surface area contributed by atoms with Crippen LogP contribution in [0.1, 0.15) is 40.0 Å². The van der Waals surface area contributed by atoms with Gasteiger partial charge in [0, 0.05) is 25.7 Å². The van der Waals surface area contributed by atoms with E-state index in [1.807, 2.05) is 4.90 Å². The Bertz CT molecular complexity index is 407. The van der Waals surface area contributed by atoms with E-state index in [0.29, 0.717) is 18.9 Å². The third-order valence-corrected chi connectivity index (χ3v) is 4.13. The number of likely N-dealkylation sites (tertiary alicyclic amines) is 1. The maximum absolute atomic E-state index is 12.3. The van der Waals surface area contributed by atoms with Gasteiger partial charge in [0.05, 0.1) is 19.1 Å². The number of piperidine rings is 1. The van der Waals surface area contributed by atoms with Crippen molar-refractivity contribution in [3.05, 3.63) is 12.2 Å². The van der Waals surface area contributed by atoms with Crippen LogP contribution in [0, 0.1) is 22.7 Å². The van der Waals surface area contributed by atoms with Crippen LogP contribution in [0.5, 0.6) is 0 Å². The number of amides is 1. The molecule has 1 amide bonds. The molecule has 5 nitrogen and oxygen atoms in total. The lowest BCUT2D eigenvalue weighted by atomic mass is 9.73. The molecular weight excluding hydrogens is 266 g/mol. The standard InChI is InChI=1S/C16H27N3O2/c1-16(2,3)13-8-10-19(14(12-13)7-9-17)15(20)6-5-11-21-18-4/h5-6,13-14,18H,7-8,10-12H2,1-4H3/b6-5+/t13?,14-/m1/s1. The Balaban J connectivity index is 2.67. The molecule has 1 unspecified atom stereocenters. The first-order chi connectivity index (χ1) is 9.90. The zero-order valence-corrected chi connectivity index (χ0v) is 13.6. The molecule has 0 aromatic heterocycles. The highest BCUT2D eigenvalue weighted by Crippen LogP contribution is 2.37. The fourth-order valence-corrected chi connectivity index (χ4v) is 2.80. The lowest BCUT2D eigenvalue weighted by Gasteiger charge is -2.43. The summed E-state index contributed by atoms with van der Waals surface area (Å²) in [5, 5.41) is 9.02. The molecule has 0 aliphatic carbocycles. The highest BCUT2D eigenvalue weighted by atomic mass is 16.6. The fourth-order valence-electron chi connectivity index (χ4n) is 2.80. The van der Waals surface area contributed by atoms with E-state index in [0.717, 1.165) is 19.4 Å². The molecule has 1 heterocycles. The van der Waals surface area contributed by atoms with E-state index in [1.54, 1.807) is 19.2 Å².